The number of fused-ring (bicyclic) bond motifs is 1. The minimum Gasteiger partial charge on any atom is -0.381 e. The van der Waals surface area contributed by atoms with Gasteiger partial charge in [0.15, 0.2) is 9.84 Å². The summed E-state index contributed by atoms with van der Waals surface area (Å²) < 4.78 is 32.0. The second-order valence-electron chi connectivity index (χ2n) is 8.86. The lowest BCUT2D eigenvalue weighted by Crippen LogP contribution is -2.38. The number of nitrogens with zero attached hydrogens (tertiary/aromatic N) is 1. The first-order chi connectivity index (χ1) is 15.5. The van der Waals surface area contributed by atoms with E-state index in [4.69, 9.17) is 4.74 Å². The average Bonchev–Trinajstić information content (AvgIpc) is 2.83. The fourth-order valence-corrected chi connectivity index (χ4v) is 6.93. The number of hydrogen-bond donors (Lipinski definition) is 2. The molecule has 2 aliphatic carbocycles. The number of sulfone groups is 1. The Bertz CT molecular complexity index is 1010. The van der Waals surface area contributed by atoms with Crippen LogP contribution in [0.5, 0.6) is 0 Å². The number of carbonyl (C=O) groups is 1. The number of urea groups is 1. The lowest BCUT2D eigenvalue weighted by molar-refractivity contribution is 0.0161. The molecule has 172 valence electrons. The van der Waals surface area contributed by atoms with Crippen molar-refractivity contribution in [2.75, 3.05) is 12.4 Å². The molecule has 4 rings (SSSR count). The van der Waals surface area contributed by atoms with Crippen LogP contribution < -0.4 is 10.6 Å². The Labute approximate surface area is 189 Å². The van der Waals surface area contributed by atoms with Crippen LogP contribution in [0.3, 0.4) is 0 Å². The third-order valence-corrected chi connectivity index (χ3v) is 9.14. The number of rotatable bonds is 6. The van der Waals surface area contributed by atoms with Gasteiger partial charge in [0.1, 0.15) is 0 Å². The average molecular weight is 458 g/mol. The maximum absolute atomic E-state index is 13.2. The Morgan fingerprint density at radius 3 is 2.53 bits per heavy atom. The smallest absolute Gasteiger partial charge is 0.319 e. The number of methoxy groups -OCH3 is 1. The van der Waals surface area contributed by atoms with Gasteiger partial charge in [-0.05, 0) is 86.3 Å². The van der Waals surface area contributed by atoms with Gasteiger partial charge in [0.2, 0.25) is 0 Å². The number of ether oxygens (including phenoxy) is 1. The molecule has 0 spiro atoms. The van der Waals surface area contributed by atoms with Gasteiger partial charge in [0.25, 0.3) is 0 Å². The SMILES string of the molecule is COC1CCC2CC(S(=O)(=O)c3ccc(NC(=O)NCc4cccnc4)cc3)CCC2C1. The van der Waals surface area contributed by atoms with E-state index in [1.54, 1.807) is 43.8 Å². The Kier molecular flexibility index (Phi) is 7.10. The fourth-order valence-electron chi connectivity index (χ4n) is 5.08. The number of benzene rings is 1. The first-order valence-electron chi connectivity index (χ1n) is 11.3. The summed E-state index contributed by atoms with van der Waals surface area (Å²) in [4.78, 5) is 16.5. The van der Waals surface area contributed by atoms with E-state index in [1.165, 1.54) is 0 Å². The summed E-state index contributed by atoms with van der Waals surface area (Å²) in [6.45, 7) is 0.362. The van der Waals surface area contributed by atoms with Crippen molar-refractivity contribution in [1.29, 1.82) is 0 Å². The number of anilines is 1. The molecule has 2 fully saturated rings. The first kappa shape index (κ1) is 22.7. The highest BCUT2D eigenvalue weighted by atomic mass is 32.2. The van der Waals surface area contributed by atoms with Crippen LogP contribution in [0.15, 0.2) is 53.7 Å². The summed E-state index contributed by atoms with van der Waals surface area (Å²) >= 11 is 0. The maximum atomic E-state index is 13.2. The number of hydrogen-bond acceptors (Lipinski definition) is 5. The molecule has 2 aromatic rings. The molecular formula is C24H31N3O4S. The van der Waals surface area contributed by atoms with Crippen molar-refractivity contribution in [2.24, 2.45) is 11.8 Å². The molecule has 2 amide bonds. The van der Waals surface area contributed by atoms with Gasteiger partial charge in [-0.1, -0.05) is 6.07 Å². The van der Waals surface area contributed by atoms with Gasteiger partial charge >= 0.3 is 6.03 Å². The van der Waals surface area contributed by atoms with E-state index in [1.807, 2.05) is 12.1 Å². The molecule has 1 aromatic heterocycles. The van der Waals surface area contributed by atoms with Crippen molar-refractivity contribution >= 4 is 21.6 Å². The van der Waals surface area contributed by atoms with E-state index < -0.39 is 9.84 Å². The van der Waals surface area contributed by atoms with E-state index in [9.17, 15) is 13.2 Å². The molecule has 0 aliphatic heterocycles. The van der Waals surface area contributed by atoms with Crippen molar-refractivity contribution in [3.8, 4) is 0 Å². The largest absolute Gasteiger partial charge is 0.381 e. The van der Waals surface area contributed by atoms with E-state index in [-0.39, 0.29) is 11.3 Å². The molecule has 4 atom stereocenters. The van der Waals surface area contributed by atoms with Crippen LogP contribution in [0.25, 0.3) is 0 Å². The molecule has 32 heavy (non-hydrogen) atoms. The first-order valence-corrected chi connectivity index (χ1v) is 12.8. The van der Waals surface area contributed by atoms with Crippen molar-refractivity contribution in [3.05, 3.63) is 54.4 Å². The minimum atomic E-state index is -3.39. The quantitative estimate of drug-likeness (QED) is 0.679. The highest BCUT2D eigenvalue weighted by molar-refractivity contribution is 7.92. The number of pyridine rings is 1. The van der Waals surface area contributed by atoms with E-state index >= 15 is 0 Å². The van der Waals surface area contributed by atoms with E-state index in [2.05, 4.69) is 15.6 Å². The lowest BCUT2D eigenvalue weighted by atomic mass is 9.70. The summed E-state index contributed by atoms with van der Waals surface area (Å²) in [6, 6.07) is 9.82. The predicted molar refractivity (Wildman–Crippen MR) is 123 cm³/mol. The Balaban J connectivity index is 1.33. The molecule has 1 heterocycles. The van der Waals surface area contributed by atoms with Gasteiger partial charge in [-0.3, -0.25) is 4.98 Å². The van der Waals surface area contributed by atoms with Crippen LogP contribution in [-0.4, -0.2) is 37.9 Å². The molecule has 2 aliphatic rings. The molecule has 0 bridgehead atoms. The van der Waals surface area contributed by atoms with E-state index in [0.717, 1.165) is 37.7 Å². The molecule has 7 nitrogen and oxygen atoms in total. The van der Waals surface area contributed by atoms with E-state index in [0.29, 0.717) is 41.5 Å². The van der Waals surface area contributed by atoms with Gasteiger partial charge in [-0.15, -0.1) is 0 Å². The molecule has 0 saturated heterocycles. The summed E-state index contributed by atoms with van der Waals surface area (Å²) in [6.07, 6.45) is 9.21. The zero-order valence-corrected chi connectivity index (χ0v) is 19.2. The van der Waals surface area contributed by atoms with Crippen LogP contribution >= 0.6 is 0 Å². The second-order valence-corrected chi connectivity index (χ2v) is 11.1. The Hall–Kier alpha value is -2.45. The van der Waals surface area contributed by atoms with Gasteiger partial charge in [-0.2, -0.15) is 0 Å². The second kappa shape index (κ2) is 10.0. The number of nitrogens with one attached hydrogen (secondary N) is 2. The summed E-state index contributed by atoms with van der Waals surface area (Å²) in [7, 11) is -1.62. The molecule has 2 saturated carbocycles. The molecule has 8 heteroatoms. The van der Waals surface area contributed by atoms with Crippen LogP contribution in [0.2, 0.25) is 0 Å². The number of amides is 2. The summed E-state index contributed by atoms with van der Waals surface area (Å²) in [5.74, 6) is 1.05. The molecule has 2 N–H and O–H groups in total. The van der Waals surface area contributed by atoms with Crippen molar-refractivity contribution in [1.82, 2.24) is 10.3 Å². The standard InChI is InChI=1S/C24H31N3O4S/c1-31-21-8-4-19-14-23(9-5-18(19)13-21)32(29,30)22-10-6-20(7-11-22)27-24(28)26-16-17-3-2-12-25-15-17/h2-3,6-7,10-12,15,18-19,21,23H,4-5,8-9,13-14,16H2,1H3,(H2,26,27,28). The Morgan fingerprint density at radius 1 is 1.06 bits per heavy atom. The van der Waals surface area contributed by atoms with Crippen LogP contribution in [0.1, 0.15) is 44.1 Å². The third kappa shape index (κ3) is 5.30. The predicted octanol–water partition coefficient (Wildman–Crippen LogP) is 4.16. The highest BCUT2D eigenvalue weighted by Crippen LogP contribution is 2.44. The highest BCUT2D eigenvalue weighted by Gasteiger charge is 2.40. The Morgan fingerprint density at radius 2 is 1.81 bits per heavy atom. The molecule has 1 aromatic carbocycles. The number of aromatic nitrogens is 1. The van der Waals surface area contributed by atoms with Crippen molar-refractivity contribution < 1.29 is 17.9 Å². The van der Waals surface area contributed by atoms with Gasteiger partial charge in [0, 0.05) is 31.7 Å². The third-order valence-electron chi connectivity index (χ3n) is 6.91. The minimum absolute atomic E-state index is 0.325. The summed E-state index contributed by atoms with van der Waals surface area (Å²) in [5.41, 5.74) is 1.45. The molecule has 0 radical (unpaired) electrons. The van der Waals surface area contributed by atoms with Gasteiger partial charge in [-0.25, -0.2) is 13.2 Å². The molecular weight excluding hydrogens is 426 g/mol. The number of carbonyl (C=O) groups excluding carboxylic acids is 1. The zero-order chi connectivity index (χ0) is 22.6. The van der Waals surface area contributed by atoms with Crippen LogP contribution in [0.4, 0.5) is 10.5 Å². The monoisotopic (exact) mass is 457 g/mol. The van der Waals surface area contributed by atoms with Gasteiger partial charge < -0.3 is 15.4 Å². The summed E-state index contributed by atoms with van der Waals surface area (Å²) in [5, 5.41) is 5.17. The van der Waals surface area contributed by atoms with Crippen molar-refractivity contribution in [3.63, 3.8) is 0 Å². The lowest BCUT2D eigenvalue weighted by Gasteiger charge is -2.41. The van der Waals surface area contributed by atoms with Gasteiger partial charge in [0.05, 0.1) is 16.2 Å². The topological polar surface area (TPSA) is 97.4 Å². The van der Waals surface area contributed by atoms with Crippen LogP contribution in [-0.2, 0) is 21.1 Å². The normalized spacial score (nSPS) is 25.5. The fraction of sp³-hybridized carbons (Fsp3) is 0.500. The molecule has 4 unspecified atom stereocenters. The maximum Gasteiger partial charge on any atom is 0.319 e. The van der Waals surface area contributed by atoms with Crippen molar-refractivity contribution in [2.45, 2.75) is 61.3 Å². The zero-order valence-electron chi connectivity index (χ0n) is 18.4. The van der Waals surface area contributed by atoms with Crippen LogP contribution in [0, 0.1) is 11.8 Å².